The van der Waals surface area contributed by atoms with Gasteiger partial charge in [-0.2, -0.15) is 0 Å². The molecular weight excluding hydrogens is 300 g/mol. The molecule has 124 valence electrons. The van der Waals surface area contributed by atoms with Crippen molar-refractivity contribution in [3.05, 3.63) is 35.0 Å². The van der Waals surface area contributed by atoms with Gasteiger partial charge in [-0.05, 0) is 19.1 Å². The lowest BCUT2D eigenvalue weighted by molar-refractivity contribution is -0.136. The molecule has 0 fully saturated rings. The molecule has 0 unspecified atom stereocenters. The maximum Gasteiger partial charge on any atom is 0.337 e. The molecule has 1 atom stereocenters. The van der Waals surface area contributed by atoms with Crippen molar-refractivity contribution in [2.75, 3.05) is 28.4 Å². The van der Waals surface area contributed by atoms with Gasteiger partial charge in [0.05, 0.1) is 32.9 Å². The molecule has 0 spiro atoms. The van der Waals surface area contributed by atoms with E-state index in [-0.39, 0.29) is 6.03 Å². The zero-order valence-electron chi connectivity index (χ0n) is 13.8. The first-order valence-electron chi connectivity index (χ1n) is 6.99. The molecule has 2 amide bonds. The number of benzene rings is 1. The minimum absolute atomic E-state index is 0.307. The predicted molar refractivity (Wildman–Crippen MR) is 83.3 cm³/mol. The number of methoxy groups -OCH3 is 3. The number of carbonyl (C=O) groups is 2. The van der Waals surface area contributed by atoms with Crippen LogP contribution in [0.3, 0.4) is 0 Å². The van der Waals surface area contributed by atoms with E-state index in [2.05, 4.69) is 5.32 Å². The van der Waals surface area contributed by atoms with Crippen LogP contribution in [-0.2, 0) is 9.53 Å². The largest absolute Gasteiger partial charge is 0.497 e. The van der Waals surface area contributed by atoms with E-state index in [1.807, 2.05) is 0 Å². The fourth-order valence-corrected chi connectivity index (χ4v) is 2.50. The quantitative estimate of drug-likeness (QED) is 0.857. The number of carbonyl (C=O) groups excluding carboxylic acids is 2. The Bertz CT molecular complexity index is 668. The van der Waals surface area contributed by atoms with Gasteiger partial charge in [-0.25, -0.2) is 9.59 Å². The van der Waals surface area contributed by atoms with E-state index in [9.17, 15) is 9.59 Å². The second kappa shape index (κ2) is 6.60. The summed E-state index contributed by atoms with van der Waals surface area (Å²) in [5.74, 6) is 0.621. The first-order chi connectivity index (χ1) is 10.9. The van der Waals surface area contributed by atoms with Gasteiger partial charge in [0, 0.05) is 24.4 Å². The summed E-state index contributed by atoms with van der Waals surface area (Å²) in [4.78, 5) is 25.7. The highest BCUT2D eigenvalue weighted by atomic mass is 16.5. The zero-order chi connectivity index (χ0) is 17.1. The molecule has 0 saturated carbocycles. The number of urea groups is 1. The summed E-state index contributed by atoms with van der Waals surface area (Å²) in [5, 5.41) is 2.80. The van der Waals surface area contributed by atoms with Crippen molar-refractivity contribution in [3.8, 4) is 11.5 Å². The fraction of sp³-hybridized carbons (Fsp3) is 0.375. The summed E-state index contributed by atoms with van der Waals surface area (Å²) in [5.41, 5.74) is 1.54. The van der Waals surface area contributed by atoms with Gasteiger partial charge in [0.15, 0.2) is 0 Å². The highest BCUT2D eigenvalue weighted by Gasteiger charge is 2.36. The van der Waals surface area contributed by atoms with Crippen molar-refractivity contribution < 1.29 is 23.8 Å². The minimum Gasteiger partial charge on any atom is -0.497 e. The molecule has 1 aliphatic rings. The Morgan fingerprint density at radius 3 is 2.48 bits per heavy atom. The number of hydrogen-bond donors (Lipinski definition) is 1. The molecule has 0 bridgehead atoms. The number of allylic oxidation sites excluding steroid dienone is 1. The highest BCUT2D eigenvalue weighted by molar-refractivity contribution is 5.95. The van der Waals surface area contributed by atoms with Crippen LogP contribution in [0.1, 0.15) is 18.5 Å². The van der Waals surface area contributed by atoms with E-state index in [0.717, 1.165) is 0 Å². The van der Waals surface area contributed by atoms with Gasteiger partial charge in [-0.3, -0.25) is 0 Å². The Morgan fingerprint density at radius 1 is 1.22 bits per heavy atom. The van der Waals surface area contributed by atoms with Gasteiger partial charge >= 0.3 is 12.0 Å². The maximum atomic E-state index is 12.2. The number of nitrogens with zero attached hydrogens (tertiary/aromatic N) is 1. The van der Waals surface area contributed by atoms with Crippen molar-refractivity contribution in [3.63, 3.8) is 0 Å². The molecule has 1 N–H and O–H groups in total. The van der Waals surface area contributed by atoms with Crippen molar-refractivity contribution in [2.45, 2.75) is 13.0 Å². The van der Waals surface area contributed by atoms with Crippen LogP contribution in [0.15, 0.2) is 29.5 Å². The molecule has 0 aromatic heterocycles. The fourth-order valence-electron chi connectivity index (χ4n) is 2.50. The molecule has 1 aromatic carbocycles. The van der Waals surface area contributed by atoms with E-state index in [1.54, 1.807) is 39.3 Å². The molecule has 1 aliphatic heterocycles. The number of amides is 2. The molecule has 2 rings (SSSR count). The molecule has 7 heteroatoms. The standard InChI is InChI=1S/C16H20N2O5/c1-9-13(15(19)23-5)14(17-16(20)18(9)2)11-7-6-10(21-3)8-12(11)22-4/h6-8,14H,1-5H3,(H,17,20)/t14-/m0/s1. The Hall–Kier alpha value is -2.70. The second-order valence-corrected chi connectivity index (χ2v) is 5.04. The molecule has 0 radical (unpaired) electrons. The van der Waals surface area contributed by atoms with Crippen LogP contribution in [-0.4, -0.2) is 45.3 Å². The van der Waals surface area contributed by atoms with Crippen LogP contribution in [0.4, 0.5) is 4.79 Å². The van der Waals surface area contributed by atoms with Gasteiger partial charge in [-0.15, -0.1) is 0 Å². The first kappa shape index (κ1) is 16.7. The Balaban J connectivity index is 2.60. The lowest BCUT2D eigenvalue weighted by Gasteiger charge is -2.33. The summed E-state index contributed by atoms with van der Waals surface area (Å²) in [6, 6.07) is 4.23. The van der Waals surface area contributed by atoms with Crippen LogP contribution in [0.2, 0.25) is 0 Å². The van der Waals surface area contributed by atoms with Gasteiger partial charge in [0.1, 0.15) is 11.5 Å². The third-order valence-electron chi connectivity index (χ3n) is 3.91. The Labute approximate surface area is 134 Å². The Kier molecular flexibility index (Phi) is 4.78. The number of hydrogen-bond acceptors (Lipinski definition) is 5. The number of ether oxygens (including phenoxy) is 3. The first-order valence-corrected chi connectivity index (χ1v) is 6.99. The lowest BCUT2D eigenvalue weighted by Crippen LogP contribution is -2.46. The lowest BCUT2D eigenvalue weighted by atomic mass is 9.94. The Morgan fingerprint density at radius 2 is 1.91 bits per heavy atom. The van der Waals surface area contributed by atoms with E-state index >= 15 is 0 Å². The van der Waals surface area contributed by atoms with E-state index in [0.29, 0.717) is 28.3 Å². The molecule has 1 aromatic rings. The van der Waals surface area contributed by atoms with Crippen LogP contribution < -0.4 is 14.8 Å². The molecule has 7 nitrogen and oxygen atoms in total. The molecule has 23 heavy (non-hydrogen) atoms. The topological polar surface area (TPSA) is 77.1 Å². The number of esters is 1. The van der Waals surface area contributed by atoms with Crippen LogP contribution >= 0.6 is 0 Å². The summed E-state index contributed by atoms with van der Waals surface area (Å²) in [7, 11) is 5.97. The van der Waals surface area contributed by atoms with Crippen molar-refractivity contribution in [1.29, 1.82) is 0 Å². The van der Waals surface area contributed by atoms with Crippen LogP contribution in [0, 0.1) is 0 Å². The summed E-state index contributed by atoms with van der Waals surface area (Å²) in [6.45, 7) is 1.70. The van der Waals surface area contributed by atoms with Gasteiger partial charge in [0.25, 0.3) is 0 Å². The maximum absolute atomic E-state index is 12.2. The van der Waals surface area contributed by atoms with E-state index < -0.39 is 12.0 Å². The average molecular weight is 320 g/mol. The average Bonchev–Trinajstić information content (AvgIpc) is 2.58. The van der Waals surface area contributed by atoms with Crippen LogP contribution in [0.5, 0.6) is 11.5 Å². The third kappa shape index (κ3) is 2.94. The molecule has 1 heterocycles. The van der Waals surface area contributed by atoms with Gasteiger partial charge < -0.3 is 24.4 Å². The smallest absolute Gasteiger partial charge is 0.337 e. The van der Waals surface area contributed by atoms with Crippen molar-refractivity contribution in [1.82, 2.24) is 10.2 Å². The summed E-state index contributed by atoms with van der Waals surface area (Å²) < 4.78 is 15.4. The number of rotatable bonds is 4. The molecule has 0 aliphatic carbocycles. The monoisotopic (exact) mass is 320 g/mol. The number of nitrogens with one attached hydrogen (secondary N) is 1. The van der Waals surface area contributed by atoms with Crippen LogP contribution in [0.25, 0.3) is 0 Å². The molecular formula is C16H20N2O5. The van der Waals surface area contributed by atoms with Gasteiger partial charge in [0.2, 0.25) is 0 Å². The zero-order valence-corrected chi connectivity index (χ0v) is 13.8. The normalized spacial score (nSPS) is 17.7. The summed E-state index contributed by atoms with van der Waals surface area (Å²) in [6.07, 6.45) is 0. The van der Waals surface area contributed by atoms with Crippen molar-refractivity contribution in [2.24, 2.45) is 0 Å². The minimum atomic E-state index is -0.660. The SMILES string of the molecule is COC(=O)C1=C(C)N(C)C(=O)N[C@H]1c1ccc(OC)cc1OC. The third-order valence-corrected chi connectivity index (χ3v) is 3.91. The van der Waals surface area contributed by atoms with Gasteiger partial charge in [-0.1, -0.05) is 0 Å². The van der Waals surface area contributed by atoms with E-state index in [4.69, 9.17) is 14.2 Å². The molecule has 0 saturated heterocycles. The summed E-state index contributed by atoms with van der Waals surface area (Å²) >= 11 is 0. The second-order valence-electron chi connectivity index (χ2n) is 5.04. The van der Waals surface area contributed by atoms with E-state index in [1.165, 1.54) is 19.1 Å². The predicted octanol–water partition coefficient (Wildman–Crippen LogP) is 1.85. The van der Waals surface area contributed by atoms with Crippen molar-refractivity contribution >= 4 is 12.0 Å². The highest BCUT2D eigenvalue weighted by Crippen LogP contribution is 2.37.